The first-order chi connectivity index (χ1) is 12.1. The first-order valence-corrected chi connectivity index (χ1v) is 8.85. The van der Waals surface area contributed by atoms with Crippen molar-refractivity contribution >= 4 is 23.2 Å². The zero-order chi connectivity index (χ0) is 17.6. The normalized spacial score (nSPS) is 18.2. The molecule has 136 valence electrons. The molecule has 0 radical (unpaired) electrons. The van der Waals surface area contributed by atoms with E-state index in [1.165, 1.54) is 18.9 Å². The Balaban J connectivity index is 1.53. The topological polar surface area (TPSA) is 70.7 Å². The summed E-state index contributed by atoms with van der Waals surface area (Å²) in [6, 6.07) is 4.47. The highest BCUT2D eigenvalue weighted by Gasteiger charge is 2.20. The second-order valence-corrected chi connectivity index (χ2v) is 6.58. The maximum Gasteiger partial charge on any atom is 0.313 e. The third kappa shape index (κ3) is 4.69. The predicted molar refractivity (Wildman–Crippen MR) is 93.0 cm³/mol. The van der Waals surface area contributed by atoms with E-state index in [1.54, 1.807) is 12.1 Å². The molecule has 1 aliphatic heterocycles. The summed E-state index contributed by atoms with van der Waals surface area (Å²) in [4.78, 5) is 25.7. The Labute approximate surface area is 146 Å². The van der Waals surface area contributed by atoms with Crippen LogP contribution in [0.3, 0.4) is 0 Å². The second kappa shape index (κ2) is 8.29. The van der Waals surface area contributed by atoms with Gasteiger partial charge in [-0.3, -0.25) is 9.59 Å². The van der Waals surface area contributed by atoms with E-state index in [-0.39, 0.29) is 5.69 Å². The van der Waals surface area contributed by atoms with Crippen molar-refractivity contribution in [1.29, 1.82) is 0 Å². The highest BCUT2D eigenvalue weighted by molar-refractivity contribution is 6.39. The molecule has 6 nitrogen and oxygen atoms in total. The summed E-state index contributed by atoms with van der Waals surface area (Å²) < 4.78 is 19.6. The molecule has 2 N–H and O–H groups in total. The Morgan fingerprint density at radius 3 is 2.56 bits per heavy atom. The van der Waals surface area contributed by atoms with Gasteiger partial charge in [-0.2, -0.15) is 0 Å². The number of anilines is 2. The molecule has 2 amide bonds. The number of carbonyl (C=O) groups excluding carboxylic acids is 2. The van der Waals surface area contributed by atoms with Gasteiger partial charge in [-0.15, -0.1) is 0 Å². The van der Waals surface area contributed by atoms with Crippen molar-refractivity contribution in [3.05, 3.63) is 24.0 Å². The quantitative estimate of drug-likeness (QED) is 0.815. The molecule has 3 rings (SSSR count). The fourth-order valence-electron chi connectivity index (χ4n) is 3.37. The molecule has 2 aliphatic rings. The molecule has 0 bridgehead atoms. The van der Waals surface area contributed by atoms with Crippen molar-refractivity contribution in [3.63, 3.8) is 0 Å². The van der Waals surface area contributed by atoms with Gasteiger partial charge in [0.2, 0.25) is 0 Å². The van der Waals surface area contributed by atoms with E-state index in [0.29, 0.717) is 44.5 Å². The van der Waals surface area contributed by atoms with E-state index < -0.39 is 17.6 Å². The fourth-order valence-corrected chi connectivity index (χ4v) is 3.37. The van der Waals surface area contributed by atoms with Gasteiger partial charge in [0.1, 0.15) is 5.82 Å². The van der Waals surface area contributed by atoms with Crippen LogP contribution in [0.2, 0.25) is 0 Å². The number of amides is 2. The van der Waals surface area contributed by atoms with Gasteiger partial charge in [-0.25, -0.2) is 4.39 Å². The third-order valence-electron chi connectivity index (χ3n) is 4.79. The lowest BCUT2D eigenvalue weighted by atomic mass is 10.1. The Morgan fingerprint density at radius 1 is 1.16 bits per heavy atom. The van der Waals surface area contributed by atoms with E-state index in [9.17, 15) is 14.0 Å². The van der Waals surface area contributed by atoms with Gasteiger partial charge in [0.15, 0.2) is 0 Å². The zero-order valence-electron chi connectivity index (χ0n) is 14.2. The van der Waals surface area contributed by atoms with Gasteiger partial charge < -0.3 is 20.3 Å². The molecule has 0 unspecified atom stereocenters. The number of hydrogen-bond donors (Lipinski definition) is 2. The summed E-state index contributed by atoms with van der Waals surface area (Å²) in [6.45, 7) is 2.92. The average molecular weight is 349 g/mol. The number of rotatable bonds is 4. The van der Waals surface area contributed by atoms with E-state index >= 15 is 0 Å². The smallest absolute Gasteiger partial charge is 0.313 e. The zero-order valence-corrected chi connectivity index (χ0v) is 14.2. The Bertz CT molecular complexity index is 626. The number of benzene rings is 1. The van der Waals surface area contributed by atoms with Crippen molar-refractivity contribution in [2.24, 2.45) is 5.92 Å². The molecule has 2 fully saturated rings. The number of halogens is 1. The molecule has 7 heteroatoms. The minimum absolute atomic E-state index is 0.274. The minimum atomic E-state index is -0.767. The lowest BCUT2D eigenvalue weighted by Gasteiger charge is -2.29. The van der Waals surface area contributed by atoms with Gasteiger partial charge >= 0.3 is 11.8 Å². The van der Waals surface area contributed by atoms with Crippen LogP contribution in [0.25, 0.3) is 0 Å². The Hall–Kier alpha value is -2.15. The van der Waals surface area contributed by atoms with Crippen LogP contribution in [0.15, 0.2) is 18.2 Å². The Kier molecular flexibility index (Phi) is 5.86. The molecule has 1 aliphatic carbocycles. The van der Waals surface area contributed by atoms with Crippen molar-refractivity contribution < 1.29 is 18.7 Å². The fraction of sp³-hybridized carbons (Fsp3) is 0.556. The third-order valence-corrected chi connectivity index (χ3v) is 4.79. The standard InChI is InChI=1S/C18H24FN3O3/c19-15-11-14(5-6-16(15)22-7-9-25-10-8-22)21-18(24)17(23)20-12-13-3-1-2-4-13/h5-6,11,13H,1-4,7-10,12H2,(H,20,23)(H,21,24). The summed E-state index contributed by atoms with van der Waals surface area (Å²) in [7, 11) is 0. The van der Waals surface area contributed by atoms with Crippen LogP contribution in [0.1, 0.15) is 25.7 Å². The molecule has 1 saturated carbocycles. The Morgan fingerprint density at radius 2 is 1.88 bits per heavy atom. The summed E-state index contributed by atoms with van der Waals surface area (Å²) in [5.74, 6) is -1.41. The lowest BCUT2D eigenvalue weighted by molar-refractivity contribution is -0.136. The van der Waals surface area contributed by atoms with Gasteiger partial charge in [0.05, 0.1) is 18.9 Å². The van der Waals surface area contributed by atoms with Crippen molar-refractivity contribution in [3.8, 4) is 0 Å². The van der Waals surface area contributed by atoms with Crippen LogP contribution in [0.4, 0.5) is 15.8 Å². The van der Waals surface area contributed by atoms with Crippen LogP contribution >= 0.6 is 0 Å². The van der Waals surface area contributed by atoms with Crippen LogP contribution in [-0.4, -0.2) is 44.7 Å². The largest absolute Gasteiger partial charge is 0.378 e. The number of nitrogens with one attached hydrogen (secondary N) is 2. The second-order valence-electron chi connectivity index (χ2n) is 6.58. The summed E-state index contributed by atoms with van der Waals surface area (Å²) in [5, 5.41) is 5.11. The number of hydrogen-bond acceptors (Lipinski definition) is 4. The molecule has 1 saturated heterocycles. The average Bonchev–Trinajstić information content (AvgIpc) is 3.14. The highest BCUT2D eigenvalue weighted by Crippen LogP contribution is 2.24. The predicted octanol–water partition coefficient (Wildman–Crippen LogP) is 1.91. The van der Waals surface area contributed by atoms with Crippen molar-refractivity contribution in [2.75, 3.05) is 43.1 Å². The van der Waals surface area contributed by atoms with Crippen molar-refractivity contribution in [1.82, 2.24) is 5.32 Å². The summed E-state index contributed by atoms with van der Waals surface area (Å²) >= 11 is 0. The summed E-state index contributed by atoms with van der Waals surface area (Å²) in [6.07, 6.45) is 4.55. The van der Waals surface area contributed by atoms with E-state index in [2.05, 4.69) is 10.6 Å². The lowest BCUT2D eigenvalue weighted by Crippen LogP contribution is -2.38. The number of ether oxygens (including phenoxy) is 1. The molecular formula is C18H24FN3O3. The monoisotopic (exact) mass is 349 g/mol. The van der Waals surface area contributed by atoms with Crippen LogP contribution < -0.4 is 15.5 Å². The molecule has 1 aromatic carbocycles. The van der Waals surface area contributed by atoms with Gasteiger partial charge in [0, 0.05) is 25.3 Å². The molecule has 25 heavy (non-hydrogen) atoms. The van der Waals surface area contributed by atoms with Gasteiger partial charge in [-0.1, -0.05) is 12.8 Å². The summed E-state index contributed by atoms with van der Waals surface area (Å²) in [5.41, 5.74) is 0.752. The van der Waals surface area contributed by atoms with Gasteiger partial charge in [0.25, 0.3) is 0 Å². The number of carbonyl (C=O) groups is 2. The maximum absolute atomic E-state index is 14.3. The number of morpholine rings is 1. The van der Waals surface area contributed by atoms with Gasteiger partial charge in [-0.05, 0) is 37.0 Å². The van der Waals surface area contributed by atoms with E-state index in [1.807, 2.05) is 4.90 Å². The highest BCUT2D eigenvalue weighted by atomic mass is 19.1. The van der Waals surface area contributed by atoms with Crippen LogP contribution in [0.5, 0.6) is 0 Å². The number of nitrogens with zero attached hydrogens (tertiary/aromatic N) is 1. The molecule has 0 spiro atoms. The van der Waals surface area contributed by atoms with Crippen molar-refractivity contribution in [2.45, 2.75) is 25.7 Å². The molecule has 1 heterocycles. The van der Waals surface area contributed by atoms with Crippen LogP contribution in [-0.2, 0) is 14.3 Å². The SMILES string of the molecule is O=C(NCC1CCCC1)C(=O)Nc1ccc(N2CCOCC2)c(F)c1. The first-order valence-electron chi connectivity index (χ1n) is 8.85. The molecule has 0 atom stereocenters. The molecule has 0 aromatic heterocycles. The van der Waals surface area contributed by atoms with E-state index in [0.717, 1.165) is 12.8 Å². The first kappa shape index (κ1) is 17.7. The van der Waals surface area contributed by atoms with E-state index in [4.69, 9.17) is 4.74 Å². The molecular weight excluding hydrogens is 325 g/mol. The maximum atomic E-state index is 14.3. The van der Waals surface area contributed by atoms with Crippen LogP contribution in [0, 0.1) is 11.7 Å². The molecule has 1 aromatic rings. The minimum Gasteiger partial charge on any atom is -0.378 e.